The van der Waals surface area contributed by atoms with E-state index in [2.05, 4.69) is 25.3 Å². The van der Waals surface area contributed by atoms with Crippen molar-refractivity contribution >= 4 is 37.2 Å². The summed E-state index contributed by atoms with van der Waals surface area (Å²) >= 11 is 8.06. The molecule has 156 valence electrons. The van der Waals surface area contributed by atoms with E-state index in [1.165, 1.54) is 0 Å². The zero-order chi connectivity index (χ0) is 21.2. The molecule has 0 heterocycles. The molecule has 0 bridgehead atoms. The number of hydrogen-bond acceptors (Lipinski definition) is 6. The SMILES string of the molecule is O=C(O)C(S)Cc1ccc(OCCCOc2ccc(CC(S)C(=O)O)cc2)cc1. The number of thiol groups is 2. The third-order valence-electron chi connectivity index (χ3n) is 4.10. The molecule has 0 aliphatic carbocycles. The minimum absolute atomic E-state index is 0.357. The van der Waals surface area contributed by atoms with Gasteiger partial charge in [0.1, 0.15) is 22.0 Å². The van der Waals surface area contributed by atoms with Crippen molar-refractivity contribution in [2.24, 2.45) is 0 Å². The maximum absolute atomic E-state index is 10.8. The smallest absolute Gasteiger partial charge is 0.316 e. The number of rotatable bonds is 12. The zero-order valence-electron chi connectivity index (χ0n) is 15.7. The lowest BCUT2D eigenvalue weighted by Crippen LogP contribution is -2.16. The molecular weight excluding hydrogens is 412 g/mol. The van der Waals surface area contributed by atoms with Crippen LogP contribution in [0.1, 0.15) is 17.5 Å². The first-order valence-corrected chi connectivity index (χ1v) is 10.1. The molecule has 2 N–H and O–H groups in total. The zero-order valence-corrected chi connectivity index (χ0v) is 17.5. The molecule has 0 aliphatic heterocycles. The van der Waals surface area contributed by atoms with Crippen LogP contribution in [0.4, 0.5) is 0 Å². The lowest BCUT2D eigenvalue weighted by atomic mass is 10.1. The molecule has 0 spiro atoms. The van der Waals surface area contributed by atoms with Crippen LogP contribution in [0.25, 0.3) is 0 Å². The van der Waals surface area contributed by atoms with Gasteiger partial charge < -0.3 is 19.7 Å². The van der Waals surface area contributed by atoms with E-state index in [-0.39, 0.29) is 0 Å². The summed E-state index contributed by atoms with van der Waals surface area (Å²) < 4.78 is 11.3. The fraction of sp³-hybridized carbons (Fsp3) is 0.333. The van der Waals surface area contributed by atoms with Crippen molar-refractivity contribution < 1.29 is 29.3 Å². The fourth-order valence-corrected chi connectivity index (χ4v) is 2.93. The van der Waals surface area contributed by atoms with E-state index in [0.717, 1.165) is 11.1 Å². The highest BCUT2D eigenvalue weighted by atomic mass is 32.1. The maximum atomic E-state index is 10.8. The first kappa shape index (κ1) is 23.0. The number of benzene rings is 2. The summed E-state index contributed by atoms with van der Waals surface area (Å²) in [6.07, 6.45) is 1.41. The van der Waals surface area contributed by atoms with Crippen LogP contribution >= 0.6 is 25.3 Å². The second-order valence-corrected chi connectivity index (χ2v) is 7.70. The van der Waals surface area contributed by atoms with Crippen LogP contribution in [-0.4, -0.2) is 45.9 Å². The molecule has 0 saturated carbocycles. The number of carboxylic acid groups (broad SMARTS) is 2. The lowest BCUT2D eigenvalue weighted by Gasteiger charge is -2.10. The molecule has 0 aliphatic rings. The molecule has 6 nitrogen and oxygen atoms in total. The van der Waals surface area contributed by atoms with Crippen LogP contribution in [0.15, 0.2) is 48.5 Å². The van der Waals surface area contributed by atoms with Crippen molar-refractivity contribution in [2.45, 2.75) is 29.8 Å². The Morgan fingerprint density at radius 1 is 0.724 bits per heavy atom. The van der Waals surface area contributed by atoms with Crippen LogP contribution in [-0.2, 0) is 22.4 Å². The molecule has 2 atom stereocenters. The van der Waals surface area contributed by atoms with Gasteiger partial charge in [-0.05, 0) is 48.2 Å². The second-order valence-electron chi connectivity index (χ2n) is 6.45. The van der Waals surface area contributed by atoms with Gasteiger partial charge in [-0.2, -0.15) is 25.3 Å². The number of ether oxygens (including phenoxy) is 2. The van der Waals surface area contributed by atoms with Gasteiger partial charge in [-0.15, -0.1) is 0 Å². The van der Waals surface area contributed by atoms with Crippen molar-refractivity contribution in [1.29, 1.82) is 0 Å². The molecule has 2 aromatic rings. The van der Waals surface area contributed by atoms with Crippen LogP contribution in [0.2, 0.25) is 0 Å². The largest absolute Gasteiger partial charge is 0.493 e. The predicted octanol–water partition coefficient (Wildman–Crippen LogP) is 3.39. The Labute approximate surface area is 180 Å². The Morgan fingerprint density at radius 3 is 1.38 bits per heavy atom. The summed E-state index contributed by atoms with van der Waals surface area (Å²) in [7, 11) is 0. The highest BCUT2D eigenvalue weighted by molar-refractivity contribution is 7.82. The second kappa shape index (κ2) is 11.6. The summed E-state index contributed by atoms with van der Waals surface area (Å²) in [5.74, 6) is -0.448. The molecular formula is C21H24O6S2. The Balaban J connectivity index is 1.66. The quantitative estimate of drug-likeness (QED) is 0.301. The van der Waals surface area contributed by atoms with Crippen LogP contribution in [0, 0.1) is 0 Å². The minimum atomic E-state index is -0.936. The van der Waals surface area contributed by atoms with Gasteiger partial charge in [0.2, 0.25) is 0 Å². The highest BCUT2D eigenvalue weighted by Crippen LogP contribution is 2.17. The van der Waals surface area contributed by atoms with Gasteiger partial charge in [0, 0.05) is 6.42 Å². The van der Waals surface area contributed by atoms with Gasteiger partial charge in [0.15, 0.2) is 0 Å². The van der Waals surface area contributed by atoms with Crippen molar-refractivity contribution in [1.82, 2.24) is 0 Å². The molecule has 0 radical (unpaired) electrons. The Morgan fingerprint density at radius 2 is 1.07 bits per heavy atom. The lowest BCUT2D eigenvalue weighted by molar-refractivity contribution is -0.137. The number of carboxylic acids is 2. The molecule has 0 saturated heterocycles. The predicted molar refractivity (Wildman–Crippen MR) is 117 cm³/mol. The molecule has 2 rings (SSSR count). The molecule has 2 aromatic carbocycles. The maximum Gasteiger partial charge on any atom is 0.316 e. The number of carbonyl (C=O) groups is 2. The third kappa shape index (κ3) is 8.29. The van der Waals surface area contributed by atoms with Crippen molar-refractivity contribution in [3.63, 3.8) is 0 Å². The average molecular weight is 437 g/mol. The summed E-state index contributed by atoms with van der Waals surface area (Å²) in [5, 5.41) is 16.3. The van der Waals surface area contributed by atoms with Crippen molar-refractivity contribution in [3.8, 4) is 11.5 Å². The van der Waals surface area contributed by atoms with E-state index >= 15 is 0 Å². The van der Waals surface area contributed by atoms with Crippen LogP contribution in [0.3, 0.4) is 0 Å². The van der Waals surface area contributed by atoms with Gasteiger partial charge in [-0.3, -0.25) is 9.59 Å². The van der Waals surface area contributed by atoms with Gasteiger partial charge in [-0.1, -0.05) is 24.3 Å². The highest BCUT2D eigenvalue weighted by Gasteiger charge is 2.13. The molecule has 29 heavy (non-hydrogen) atoms. The van der Waals surface area contributed by atoms with E-state index in [9.17, 15) is 9.59 Å². The first-order valence-electron chi connectivity index (χ1n) is 9.10. The molecule has 0 aromatic heterocycles. The van der Waals surface area contributed by atoms with Gasteiger partial charge in [0.05, 0.1) is 13.2 Å². The van der Waals surface area contributed by atoms with Gasteiger partial charge >= 0.3 is 11.9 Å². The van der Waals surface area contributed by atoms with E-state index in [4.69, 9.17) is 19.7 Å². The van der Waals surface area contributed by atoms with E-state index in [0.29, 0.717) is 44.0 Å². The summed E-state index contributed by atoms with van der Waals surface area (Å²) in [6, 6.07) is 14.6. The fourth-order valence-electron chi connectivity index (χ4n) is 2.50. The van der Waals surface area contributed by atoms with Gasteiger partial charge in [0.25, 0.3) is 0 Å². The molecule has 8 heteroatoms. The summed E-state index contributed by atoms with van der Waals surface area (Å²) in [4.78, 5) is 21.6. The van der Waals surface area contributed by atoms with E-state index in [1.807, 2.05) is 48.5 Å². The monoisotopic (exact) mass is 436 g/mol. The van der Waals surface area contributed by atoms with Crippen molar-refractivity contribution in [3.05, 3.63) is 59.7 Å². The van der Waals surface area contributed by atoms with Crippen LogP contribution < -0.4 is 9.47 Å². The molecule has 0 amide bonds. The summed E-state index contributed by atoms with van der Waals surface area (Å²) in [5.41, 5.74) is 1.78. The Bertz CT molecular complexity index is 724. The number of aliphatic carboxylic acids is 2. The molecule has 0 fully saturated rings. The average Bonchev–Trinajstić information content (AvgIpc) is 2.70. The third-order valence-corrected chi connectivity index (χ3v) is 4.91. The Hall–Kier alpha value is -2.32. The standard InChI is InChI=1S/C21H24O6S2/c22-20(23)18(28)12-14-2-6-16(7-3-14)26-10-1-11-27-17-8-4-15(5-9-17)13-19(29)21(24)25/h2-9,18-19,28-29H,1,10-13H2,(H,22,23)(H,24,25). The first-order chi connectivity index (χ1) is 13.8. The van der Waals surface area contributed by atoms with E-state index in [1.54, 1.807) is 0 Å². The normalized spacial score (nSPS) is 12.8. The van der Waals surface area contributed by atoms with Gasteiger partial charge in [-0.25, -0.2) is 0 Å². The Kier molecular flexibility index (Phi) is 9.21. The number of hydrogen-bond donors (Lipinski definition) is 4. The van der Waals surface area contributed by atoms with Crippen molar-refractivity contribution in [2.75, 3.05) is 13.2 Å². The topological polar surface area (TPSA) is 93.1 Å². The summed E-state index contributed by atoms with van der Waals surface area (Å²) in [6.45, 7) is 0.976. The minimum Gasteiger partial charge on any atom is -0.493 e. The van der Waals surface area contributed by atoms with E-state index < -0.39 is 22.4 Å². The molecule has 2 unspecified atom stereocenters. The van der Waals surface area contributed by atoms with Crippen LogP contribution in [0.5, 0.6) is 11.5 Å².